The van der Waals surface area contributed by atoms with Crippen molar-refractivity contribution in [1.29, 1.82) is 0 Å². The minimum Gasteiger partial charge on any atom is -0.496 e. The molecule has 1 amide bonds. The number of amides is 1. The van der Waals surface area contributed by atoms with Gasteiger partial charge in [0, 0.05) is 17.8 Å². The molecule has 0 aliphatic carbocycles. The highest BCUT2D eigenvalue weighted by Crippen LogP contribution is 2.32. The minimum atomic E-state index is -0.277. The Labute approximate surface area is 186 Å². The van der Waals surface area contributed by atoms with Gasteiger partial charge in [-0.1, -0.05) is 37.3 Å². The Morgan fingerprint density at radius 2 is 1.94 bits per heavy atom. The maximum atomic E-state index is 13.3. The van der Waals surface area contributed by atoms with Crippen LogP contribution in [-0.2, 0) is 6.54 Å². The molecule has 32 heavy (non-hydrogen) atoms. The van der Waals surface area contributed by atoms with Crippen molar-refractivity contribution in [1.82, 2.24) is 19.9 Å². The first-order valence-electron chi connectivity index (χ1n) is 10.5. The molecular weight excluding hydrogens is 404 g/mol. The maximum Gasteiger partial charge on any atom is 0.256 e. The second-order valence-electron chi connectivity index (χ2n) is 7.85. The van der Waals surface area contributed by atoms with Crippen molar-refractivity contribution in [3.8, 4) is 5.75 Å². The fourth-order valence-electron chi connectivity index (χ4n) is 4.22. The molecule has 3 heterocycles. The Hall–Kier alpha value is -3.87. The van der Waals surface area contributed by atoms with E-state index >= 15 is 0 Å². The van der Waals surface area contributed by atoms with Crippen LogP contribution in [0.2, 0.25) is 0 Å². The number of fused-ring (bicyclic) bond motifs is 1. The van der Waals surface area contributed by atoms with E-state index in [2.05, 4.69) is 34.5 Å². The number of carbonyl (C=O) groups is 1. The van der Waals surface area contributed by atoms with Gasteiger partial charge >= 0.3 is 0 Å². The number of ether oxygens (including phenoxy) is 1. The van der Waals surface area contributed by atoms with Crippen molar-refractivity contribution in [3.63, 3.8) is 0 Å². The average molecular weight is 431 g/mol. The summed E-state index contributed by atoms with van der Waals surface area (Å²) in [4.78, 5) is 28.4. The summed E-state index contributed by atoms with van der Waals surface area (Å²) in [5.74, 6) is 0.229. The highest BCUT2D eigenvalue weighted by molar-refractivity contribution is 6.03. The molecule has 0 bridgehead atoms. The zero-order valence-electron chi connectivity index (χ0n) is 18.6. The molecule has 7 nitrogen and oxygen atoms in total. The highest BCUT2D eigenvalue weighted by atomic mass is 16.5. The number of aromatic amines is 1. The van der Waals surface area contributed by atoms with Crippen molar-refractivity contribution in [3.05, 3.63) is 98.7 Å². The third-order valence-electron chi connectivity index (χ3n) is 5.81. The molecule has 1 atom stereocenters. The zero-order valence-corrected chi connectivity index (χ0v) is 18.6. The fourth-order valence-corrected chi connectivity index (χ4v) is 4.22. The van der Waals surface area contributed by atoms with Crippen LogP contribution in [0.4, 0.5) is 0 Å². The van der Waals surface area contributed by atoms with E-state index in [4.69, 9.17) is 4.74 Å². The fraction of sp³-hybridized carbons (Fsp3) is 0.240. The Kier molecular flexibility index (Phi) is 5.81. The van der Waals surface area contributed by atoms with Gasteiger partial charge in [0.2, 0.25) is 0 Å². The minimum absolute atomic E-state index is 0.0418. The normalized spacial score (nSPS) is 12.0. The lowest BCUT2D eigenvalue weighted by molar-refractivity contribution is 0.0951. The summed E-state index contributed by atoms with van der Waals surface area (Å²) in [6.45, 7) is 5.89. The van der Waals surface area contributed by atoms with E-state index in [0.29, 0.717) is 22.6 Å². The molecule has 0 fully saturated rings. The maximum absolute atomic E-state index is 13.3. The zero-order chi connectivity index (χ0) is 22.8. The van der Waals surface area contributed by atoms with E-state index in [-0.39, 0.29) is 23.9 Å². The summed E-state index contributed by atoms with van der Waals surface area (Å²) in [7, 11) is 1.51. The Bertz CT molecular complexity index is 1340. The number of aryl methyl sites for hydroxylation is 1. The molecule has 3 aromatic heterocycles. The Morgan fingerprint density at radius 1 is 1.19 bits per heavy atom. The van der Waals surface area contributed by atoms with Crippen LogP contribution in [0.1, 0.15) is 51.3 Å². The Morgan fingerprint density at radius 3 is 2.66 bits per heavy atom. The molecule has 4 aromatic rings. The standard InChI is InChI=1S/C25H26N4O3/c1-15-13-21(32-4)19(24(30)28-15)14-26-25(31)22-17(3)23(29-20(22)11-8-12-27-29)16(2)18-9-6-5-7-10-18/h5-13,16H,14H2,1-4H3,(H,26,31)(H,28,30)/t16-/m0/s1. The number of methoxy groups -OCH3 is 1. The van der Waals surface area contributed by atoms with Gasteiger partial charge in [0.05, 0.1) is 36.0 Å². The SMILES string of the molecule is COc1cc(C)[nH]c(=O)c1CNC(=O)c1c(C)c([C@@H](C)c2ccccc2)n2ncccc12. The van der Waals surface area contributed by atoms with Gasteiger partial charge in [-0.25, -0.2) is 4.52 Å². The predicted molar refractivity (Wildman–Crippen MR) is 123 cm³/mol. The van der Waals surface area contributed by atoms with Crippen molar-refractivity contribution >= 4 is 11.4 Å². The largest absolute Gasteiger partial charge is 0.496 e. The quantitative estimate of drug-likeness (QED) is 0.488. The van der Waals surface area contributed by atoms with Gasteiger partial charge in [-0.3, -0.25) is 9.59 Å². The van der Waals surface area contributed by atoms with E-state index in [1.807, 2.05) is 41.8 Å². The molecule has 0 saturated carbocycles. The number of nitrogens with one attached hydrogen (secondary N) is 2. The van der Waals surface area contributed by atoms with Crippen LogP contribution in [-0.4, -0.2) is 27.6 Å². The number of pyridine rings is 1. The number of nitrogens with zero attached hydrogens (tertiary/aromatic N) is 2. The molecule has 0 spiro atoms. The molecule has 0 aliphatic heterocycles. The first kappa shape index (κ1) is 21.4. The van der Waals surface area contributed by atoms with E-state index in [9.17, 15) is 9.59 Å². The van der Waals surface area contributed by atoms with E-state index < -0.39 is 0 Å². The highest BCUT2D eigenvalue weighted by Gasteiger charge is 2.25. The molecule has 164 valence electrons. The van der Waals surface area contributed by atoms with Crippen LogP contribution in [0.25, 0.3) is 5.52 Å². The number of benzene rings is 1. The van der Waals surface area contributed by atoms with Gasteiger partial charge in [0.1, 0.15) is 5.75 Å². The molecular formula is C25H26N4O3. The van der Waals surface area contributed by atoms with Gasteiger partial charge < -0.3 is 15.0 Å². The van der Waals surface area contributed by atoms with Crippen LogP contribution in [0.3, 0.4) is 0 Å². The first-order chi connectivity index (χ1) is 15.4. The lowest BCUT2D eigenvalue weighted by Crippen LogP contribution is -2.28. The van der Waals surface area contributed by atoms with Gasteiger partial charge in [-0.15, -0.1) is 0 Å². The summed E-state index contributed by atoms with van der Waals surface area (Å²) in [6.07, 6.45) is 1.71. The van der Waals surface area contributed by atoms with Crippen molar-refractivity contribution in [2.75, 3.05) is 7.11 Å². The Balaban J connectivity index is 1.72. The van der Waals surface area contributed by atoms with Crippen LogP contribution in [0.15, 0.2) is 59.5 Å². The molecule has 7 heteroatoms. The predicted octanol–water partition coefficient (Wildman–Crippen LogP) is 3.73. The molecule has 0 radical (unpaired) electrons. The summed E-state index contributed by atoms with van der Waals surface area (Å²) in [5, 5.41) is 7.42. The number of aromatic nitrogens is 3. The molecule has 1 aromatic carbocycles. The van der Waals surface area contributed by atoms with Crippen molar-refractivity contribution < 1.29 is 9.53 Å². The van der Waals surface area contributed by atoms with Crippen LogP contribution in [0.5, 0.6) is 5.75 Å². The summed E-state index contributed by atoms with van der Waals surface area (Å²) in [5.41, 5.74) is 5.04. The van der Waals surface area contributed by atoms with Crippen LogP contribution >= 0.6 is 0 Å². The lowest BCUT2D eigenvalue weighted by Gasteiger charge is -2.13. The lowest BCUT2D eigenvalue weighted by atomic mass is 9.94. The molecule has 0 unspecified atom stereocenters. The molecule has 2 N–H and O–H groups in total. The number of rotatable bonds is 6. The second kappa shape index (κ2) is 8.70. The molecule has 0 aliphatic rings. The topological polar surface area (TPSA) is 88.5 Å². The first-order valence-corrected chi connectivity index (χ1v) is 10.5. The third-order valence-corrected chi connectivity index (χ3v) is 5.81. The van der Waals surface area contributed by atoms with Gasteiger partial charge in [0.25, 0.3) is 11.5 Å². The van der Waals surface area contributed by atoms with Gasteiger partial charge in [0.15, 0.2) is 0 Å². The van der Waals surface area contributed by atoms with E-state index in [1.165, 1.54) is 7.11 Å². The molecule has 4 rings (SSSR count). The van der Waals surface area contributed by atoms with Gasteiger partial charge in [-0.05, 0) is 43.2 Å². The van der Waals surface area contributed by atoms with Crippen molar-refractivity contribution in [2.24, 2.45) is 0 Å². The number of hydrogen-bond acceptors (Lipinski definition) is 4. The van der Waals surface area contributed by atoms with Crippen LogP contribution in [0, 0.1) is 13.8 Å². The van der Waals surface area contributed by atoms with Crippen LogP contribution < -0.4 is 15.6 Å². The average Bonchev–Trinajstić information content (AvgIpc) is 3.09. The van der Waals surface area contributed by atoms with Crippen molar-refractivity contribution in [2.45, 2.75) is 33.2 Å². The monoisotopic (exact) mass is 430 g/mol. The van der Waals surface area contributed by atoms with E-state index in [1.54, 1.807) is 19.2 Å². The summed E-state index contributed by atoms with van der Waals surface area (Å²) >= 11 is 0. The number of hydrogen-bond donors (Lipinski definition) is 2. The number of H-pyrrole nitrogens is 1. The molecule has 0 saturated heterocycles. The summed E-state index contributed by atoms with van der Waals surface area (Å²) < 4.78 is 7.17. The van der Waals surface area contributed by atoms with Gasteiger partial charge in [-0.2, -0.15) is 5.10 Å². The second-order valence-corrected chi connectivity index (χ2v) is 7.85. The smallest absolute Gasteiger partial charge is 0.256 e. The third kappa shape index (κ3) is 3.77. The summed E-state index contributed by atoms with van der Waals surface area (Å²) in [6, 6.07) is 15.6. The number of carbonyl (C=O) groups excluding carboxylic acids is 1. The van der Waals surface area contributed by atoms with E-state index in [0.717, 1.165) is 22.3 Å².